The van der Waals surface area contributed by atoms with Crippen LogP contribution in [0.25, 0.3) is 0 Å². The maximum absolute atomic E-state index is 11.2. The number of aliphatic hydroxyl groups is 1. The fraction of sp³-hybridized carbons (Fsp3) is 0.889. The first-order chi connectivity index (χ1) is 6.15. The maximum atomic E-state index is 11.2. The lowest BCUT2D eigenvalue weighted by atomic mass is 9.93. The number of carbonyl (C=O) groups excluding carboxylic acids is 1. The summed E-state index contributed by atoms with van der Waals surface area (Å²) in [6, 6.07) is 0. The second-order valence-electron chi connectivity index (χ2n) is 3.62. The van der Waals surface area contributed by atoms with Crippen molar-refractivity contribution in [3.05, 3.63) is 0 Å². The molecule has 2 unspecified atom stereocenters. The number of halogens is 1. The molecule has 13 heavy (non-hydrogen) atoms. The number of piperidine rings is 1. The maximum Gasteiger partial charge on any atom is 0.237 e. The minimum atomic E-state index is -0.328. The third kappa shape index (κ3) is 2.85. The van der Waals surface area contributed by atoms with Crippen molar-refractivity contribution in [3.63, 3.8) is 0 Å². The number of hydrogen-bond acceptors (Lipinski definition) is 2. The summed E-state index contributed by atoms with van der Waals surface area (Å²) < 4.78 is 0. The zero-order chi connectivity index (χ0) is 9.84. The zero-order valence-electron chi connectivity index (χ0n) is 7.87. The number of nitrogens with zero attached hydrogens (tertiary/aromatic N) is 1. The van der Waals surface area contributed by atoms with Gasteiger partial charge >= 0.3 is 0 Å². The van der Waals surface area contributed by atoms with Crippen LogP contribution in [0.4, 0.5) is 0 Å². The Morgan fingerprint density at radius 1 is 1.77 bits per heavy atom. The van der Waals surface area contributed by atoms with Crippen molar-refractivity contribution in [2.45, 2.75) is 25.9 Å². The standard InChI is InChI=1S/C9H16ClNO2/c1-7(12)8-3-2-4-11(6-8)9(13)5-10/h7-8,12H,2-6H2,1H3. The molecular formula is C9H16ClNO2. The highest BCUT2D eigenvalue weighted by molar-refractivity contribution is 6.27. The van der Waals surface area contributed by atoms with Gasteiger partial charge in [0.15, 0.2) is 0 Å². The molecule has 3 nitrogen and oxygen atoms in total. The van der Waals surface area contributed by atoms with Gasteiger partial charge in [-0.2, -0.15) is 0 Å². The van der Waals surface area contributed by atoms with E-state index in [4.69, 9.17) is 11.6 Å². The van der Waals surface area contributed by atoms with E-state index in [1.807, 2.05) is 0 Å². The highest BCUT2D eigenvalue weighted by atomic mass is 35.5. The molecule has 0 aliphatic carbocycles. The van der Waals surface area contributed by atoms with Gasteiger partial charge < -0.3 is 10.0 Å². The summed E-state index contributed by atoms with van der Waals surface area (Å²) >= 11 is 5.46. The zero-order valence-corrected chi connectivity index (χ0v) is 8.63. The van der Waals surface area contributed by atoms with Crippen molar-refractivity contribution in [1.29, 1.82) is 0 Å². The molecule has 1 amide bonds. The molecule has 0 aromatic rings. The van der Waals surface area contributed by atoms with E-state index >= 15 is 0 Å². The summed E-state index contributed by atoms with van der Waals surface area (Å²) in [7, 11) is 0. The van der Waals surface area contributed by atoms with Crippen molar-refractivity contribution >= 4 is 17.5 Å². The average molecular weight is 206 g/mol. The summed E-state index contributed by atoms with van der Waals surface area (Å²) in [4.78, 5) is 13.0. The van der Waals surface area contributed by atoms with Gasteiger partial charge in [-0.15, -0.1) is 11.6 Å². The Bertz CT molecular complexity index is 184. The lowest BCUT2D eigenvalue weighted by Gasteiger charge is -2.33. The molecule has 4 heteroatoms. The van der Waals surface area contributed by atoms with E-state index in [0.717, 1.165) is 19.4 Å². The van der Waals surface area contributed by atoms with Crippen LogP contribution in [0.3, 0.4) is 0 Å². The van der Waals surface area contributed by atoms with Gasteiger partial charge in [0.05, 0.1) is 6.10 Å². The van der Waals surface area contributed by atoms with E-state index in [-0.39, 0.29) is 23.8 Å². The van der Waals surface area contributed by atoms with E-state index in [2.05, 4.69) is 0 Å². The molecule has 1 rings (SSSR count). The Hall–Kier alpha value is -0.280. The fourth-order valence-corrected chi connectivity index (χ4v) is 1.88. The van der Waals surface area contributed by atoms with Gasteiger partial charge in [-0.05, 0) is 19.8 Å². The van der Waals surface area contributed by atoms with Crippen LogP contribution in [0.2, 0.25) is 0 Å². The van der Waals surface area contributed by atoms with Gasteiger partial charge in [0.2, 0.25) is 5.91 Å². The Kier molecular flexibility index (Phi) is 4.00. The molecule has 76 valence electrons. The van der Waals surface area contributed by atoms with Crippen molar-refractivity contribution < 1.29 is 9.90 Å². The normalized spacial score (nSPS) is 25.8. The minimum Gasteiger partial charge on any atom is -0.393 e. The molecule has 0 radical (unpaired) electrons. The van der Waals surface area contributed by atoms with Crippen LogP contribution in [0.5, 0.6) is 0 Å². The van der Waals surface area contributed by atoms with Crippen LogP contribution in [0.15, 0.2) is 0 Å². The van der Waals surface area contributed by atoms with Gasteiger partial charge in [-0.25, -0.2) is 0 Å². The Morgan fingerprint density at radius 3 is 3.00 bits per heavy atom. The second kappa shape index (κ2) is 4.82. The lowest BCUT2D eigenvalue weighted by molar-refractivity contribution is -0.131. The van der Waals surface area contributed by atoms with Crippen molar-refractivity contribution in [2.24, 2.45) is 5.92 Å². The van der Waals surface area contributed by atoms with Gasteiger partial charge in [0.25, 0.3) is 0 Å². The molecule has 2 atom stereocenters. The largest absolute Gasteiger partial charge is 0.393 e. The minimum absolute atomic E-state index is 0.0213. The number of rotatable bonds is 2. The van der Waals surface area contributed by atoms with Crippen molar-refractivity contribution in [2.75, 3.05) is 19.0 Å². The van der Waals surface area contributed by atoms with Gasteiger partial charge in [0, 0.05) is 19.0 Å². The van der Waals surface area contributed by atoms with E-state index in [0.29, 0.717) is 6.54 Å². The number of amides is 1. The van der Waals surface area contributed by atoms with E-state index in [9.17, 15) is 9.90 Å². The summed E-state index contributed by atoms with van der Waals surface area (Å²) in [5.41, 5.74) is 0. The molecule has 1 aliphatic heterocycles. The summed E-state index contributed by atoms with van der Waals surface area (Å²) in [5.74, 6) is 0.250. The third-order valence-electron chi connectivity index (χ3n) is 2.61. The predicted molar refractivity (Wildman–Crippen MR) is 51.7 cm³/mol. The molecule has 1 heterocycles. The molecule has 0 saturated carbocycles. The van der Waals surface area contributed by atoms with Crippen LogP contribution in [0, 0.1) is 5.92 Å². The molecule has 1 saturated heterocycles. The number of likely N-dealkylation sites (tertiary alicyclic amines) is 1. The average Bonchev–Trinajstić information content (AvgIpc) is 2.17. The van der Waals surface area contributed by atoms with E-state index < -0.39 is 0 Å². The summed E-state index contributed by atoms with van der Waals surface area (Å²) in [6.45, 7) is 3.22. The highest BCUT2D eigenvalue weighted by Gasteiger charge is 2.25. The van der Waals surface area contributed by atoms with Crippen LogP contribution < -0.4 is 0 Å². The molecule has 1 aliphatic rings. The monoisotopic (exact) mass is 205 g/mol. The smallest absolute Gasteiger partial charge is 0.237 e. The molecule has 0 aromatic heterocycles. The van der Waals surface area contributed by atoms with Gasteiger partial charge in [-0.1, -0.05) is 0 Å². The van der Waals surface area contributed by atoms with E-state index in [1.165, 1.54) is 0 Å². The molecule has 1 fully saturated rings. The topological polar surface area (TPSA) is 40.5 Å². The number of aliphatic hydroxyl groups excluding tert-OH is 1. The lowest BCUT2D eigenvalue weighted by Crippen LogP contribution is -2.43. The summed E-state index contributed by atoms with van der Waals surface area (Å²) in [6.07, 6.45) is 1.65. The van der Waals surface area contributed by atoms with Crippen LogP contribution >= 0.6 is 11.6 Å². The molecular weight excluding hydrogens is 190 g/mol. The van der Waals surface area contributed by atoms with Crippen LogP contribution in [-0.4, -0.2) is 41.0 Å². The molecule has 0 aromatic carbocycles. The Morgan fingerprint density at radius 2 is 2.46 bits per heavy atom. The van der Waals surface area contributed by atoms with Crippen molar-refractivity contribution in [3.8, 4) is 0 Å². The first kappa shape index (κ1) is 10.8. The van der Waals surface area contributed by atoms with Crippen LogP contribution in [-0.2, 0) is 4.79 Å². The third-order valence-corrected chi connectivity index (χ3v) is 2.84. The first-order valence-electron chi connectivity index (χ1n) is 4.67. The molecule has 0 bridgehead atoms. The fourth-order valence-electron chi connectivity index (χ4n) is 1.71. The Labute approximate surface area is 83.7 Å². The van der Waals surface area contributed by atoms with Gasteiger partial charge in [-0.3, -0.25) is 4.79 Å². The quantitative estimate of drug-likeness (QED) is 0.679. The highest BCUT2D eigenvalue weighted by Crippen LogP contribution is 2.19. The van der Waals surface area contributed by atoms with E-state index in [1.54, 1.807) is 11.8 Å². The molecule has 1 N–H and O–H groups in total. The van der Waals surface area contributed by atoms with Gasteiger partial charge in [0.1, 0.15) is 5.88 Å². The number of alkyl halides is 1. The number of hydrogen-bond donors (Lipinski definition) is 1. The second-order valence-corrected chi connectivity index (χ2v) is 3.88. The molecule has 0 spiro atoms. The van der Waals surface area contributed by atoms with Crippen molar-refractivity contribution in [1.82, 2.24) is 4.90 Å². The first-order valence-corrected chi connectivity index (χ1v) is 5.20. The SMILES string of the molecule is CC(O)C1CCCN(C(=O)CCl)C1. The van der Waals surface area contributed by atoms with Crippen LogP contribution in [0.1, 0.15) is 19.8 Å². The number of carbonyl (C=O) groups is 1. The summed E-state index contributed by atoms with van der Waals surface area (Å²) in [5, 5.41) is 9.38. The Balaban J connectivity index is 2.46. The predicted octanol–water partition coefficient (Wildman–Crippen LogP) is 0.845.